The molecule has 1 saturated heterocycles. The number of nitro benzene ring substituents is 1. The summed E-state index contributed by atoms with van der Waals surface area (Å²) in [5, 5.41) is 17.4. The van der Waals surface area contributed by atoms with Crippen LogP contribution in [0, 0.1) is 17.0 Å². The van der Waals surface area contributed by atoms with Crippen molar-refractivity contribution in [3.8, 4) is 0 Å². The van der Waals surface area contributed by atoms with Gasteiger partial charge in [0.2, 0.25) is 10.0 Å². The molecule has 10 nitrogen and oxygen atoms in total. The van der Waals surface area contributed by atoms with Gasteiger partial charge in [0.25, 0.3) is 11.6 Å². The summed E-state index contributed by atoms with van der Waals surface area (Å²) in [7, 11) is -4.21. The molecule has 162 valence electrons. The highest BCUT2D eigenvalue weighted by Crippen LogP contribution is 2.30. The first-order valence-electron chi connectivity index (χ1n) is 9.37. The zero-order chi connectivity index (χ0) is 22.3. The monoisotopic (exact) mass is 461 g/mol. The number of aromatic nitrogens is 1. The van der Waals surface area contributed by atoms with Crippen molar-refractivity contribution >= 4 is 48.3 Å². The fourth-order valence-electron chi connectivity index (χ4n) is 3.52. The lowest BCUT2D eigenvalue weighted by Gasteiger charge is -2.34. The van der Waals surface area contributed by atoms with Gasteiger partial charge in [0, 0.05) is 37.8 Å². The first-order valence-corrected chi connectivity index (χ1v) is 11.7. The lowest BCUT2D eigenvalue weighted by Crippen LogP contribution is -2.49. The third kappa shape index (κ3) is 4.09. The van der Waals surface area contributed by atoms with Crippen LogP contribution < -0.4 is 10.0 Å². The van der Waals surface area contributed by atoms with Gasteiger partial charge in [-0.1, -0.05) is 23.5 Å². The summed E-state index contributed by atoms with van der Waals surface area (Å²) in [6.45, 7) is 3.27. The van der Waals surface area contributed by atoms with Crippen LogP contribution in [0.15, 0.2) is 41.3 Å². The molecule has 0 bridgehead atoms. The molecular formula is C19H19N5O5S2. The standard InChI is InChI=1S/C19H19N5O5S2/c1-12-14(10-13(31(20,28)29)11-16(12)24(26)27)18(25)22-6-8-23(9-7-22)19-21-15-4-2-3-5-17(15)30-19/h2-5,10-11H,6-9H2,1H3,(H2,20,28,29). The van der Waals surface area contributed by atoms with Gasteiger partial charge in [-0.15, -0.1) is 0 Å². The average molecular weight is 462 g/mol. The maximum Gasteiger partial charge on any atom is 0.274 e. The van der Waals surface area contributed by atoms with E-state index in [-0.39, 0.29) is 11.1 Å². The van der Waals surface area contributed by atoms with E-state index >= 15 is 0 Å². The summed E-state index contributed by atoms with van der Waals surface area (Å²) in [4.78, 5) is 31.6. The van der Waals surface area contributed by atoms with Crippen molar-refractivity contribution in [1.82, 2.24) is 9.88 Å². The van der Waals surface area contributed by atoms with E-state index in [9.17, 15) is 23.3 Å². The molecule has 0 saturated carbocycles. The van der Waals surface area contributed by atoms with E-state index < -0.39 is 31.4 Å². The number of para-hydroxylation sites is 1. The fourth-order valence-corrected chi connectivity index (χ4v) is 5.09. The van der Waals surface area contributed by atoms with Gasteiger partial charge in [0.1, 0.15) is 0 Å². The van der Waals surface area contributed by atoms with Gasteiger partial charge >= 0.3 is 0 Å². The van der Waals surface area contributed by atoms with Crippen LogP contribution in [-0.4, -0.2) is 55.3 Å². The van der Waals surface area contributed by atoms with Crippen molar-refractivity contribution in [2.75, 3.05) is 31.1 Å². The normalized spacial score (nSPS) is 14.8. The third-order valence-electron chi connectivity index (χ3n) is 5.23. The SMILES string of the molecule is Cc1c(C(=O)N2CCN(c3nc4ccccc4s3)CC2)cc(S(N)(=O)=O)cc1[N+](=O)[O-]. The number of anilines is 1. The van der Waals surface area contributed by atoms with E-state index in [2.05, 4.69) is 9.88 Å². The Kier molecular flexibility index (Phi) is 5.37. The van der Waals surface area contributed by atoms with Crippen LogP contribution in [-0.2, 0) is 10.0 Å². The Morgan fingerprint density at radius 1 is 1.19 bits per heavy atom. The molecule has 0 radical (unpaired) electrons. The summed E-state index contributed by atoms with van der Waals surface area (Å²) in [5.74, 6) is -0.463. The van der Waals surface area contributed by atoms with Gasteiger partial charge in [-0.05, 0) is 25.1 Å². The Labute approximate surface area is 182 Å². The minimum Gasteiger partial charge on any atom is -0.345 e. The van der Waals surface area contributed by atoms with E-state index in [1.165, 1.54) is 6.92 Å². The molecule has 1 amide bonds. The molecule has 0 aliphatic carbocycles. The zero-order valence-corrected chi connectivity index (χ0v) is 18.1. The maximum atomic E-state index is 13.1. The number of sulfonamides is 1. The number of benzene rings is 2. The van der Waals surface area contributed by atoms with Crippen molar-refractivity contribution in [1.29, 1.82) is 0 Å². The second-order valence-corrected chi connectivity index (χ2v) is 9.73. The van der Waals surface area contributed by atoms with Gasteiger partial charge in [-0.25, -0.2) is 18.5 Å². The van der Waals surface area contributed by atoms with Crippen LogP contribution in [0.1, 0.15) is 15.9 Å². The van der Waals surface area contributed by atoms with Crippen LogP contribution >= 0.6 is 11.3 Å². The molecule has 0 spiro atoms. The predicted molar refractivity (Wildman–Crippen MR) is 117 cm³/mol. The van der Waals surface area contributed by atoms with Gasteiger partial charge in [-0.3, -0.25) is 14.9 Å². The molecule has 0 unspecified atom stereocenters. The number of nitrogens with two attached hydrogens (primary N) is 1. The Morgan fingerprint density at radius 2 is 1.87 bits per heavy atom. The van der Waals surface area contributed by atoms with Crippen molar-refractivity contribution in [2.45, 2.75) is 11.8 Å². The molecule has 0 atom stereocenters. The number of nitrogens with zero attached hydrogens (tertiary/aromatic N) is 4. The van der Waals surface area contributed by atoms with E-state index in [0.717, 1.165) is 27.5 Å². The highest BCUT2D eigenvalue weighted by atomic mass is 32.2. The van der Waals surface area contributed by atoms with Crippen LogP contribution in [0.4, 0.5) is 10.8 Å². The van der Waals surface area contributed by atoms with Crippen molar-refractivity contribution in [3.05, 3.63) is 57.6 Å². The highest BCUT2D eigenvalue weighted by molar-refractivity contribution is 7.89. The number of fused-ring (bicyclic) bond motifs is 1. The topological polar surface area (TPSA) is 140 Å². The van der Waals surface area contributed by atoms with Crippen LogP contribution in [0.5, 0.6) is 0 Å². The Bertz CT molecular complexity index is 1260. The van der Waals surface area contributed by atoms with E-state index in [1.54, 1.807) is 16.2 Å². The van der Waals surface area contributed by atoms with Crippen molar-refractivity contribution < 1.29 is 18.1 Å². The number of carbonyl (C=O) groups is 1. The van der Waals surface area contributed by atoms with Gasteiger partial charge in [-0.2, -0.15) is 0 Å². The smallest absolute Gasteiger partial charge is 0.274 e. The number of thiazole rings is 1. The molecule has 2 heterocycles. The summed E-state index contributed by atoms with van der Waals surface area (Å²) in [5.41, 5.74) is 0.536. The fraction of sp³-hybridized carbons (Fsp3) is 0.263. The molecule has 2 N–H and O–H groups in total. The highest BCUT2D eigenvalue weighted by Gasteiger charge is 2.29. The number of piperazine rings is 1. The number of carbonyl (C=O) groups excluding carboxylic acids is 1. The molecule has 1 aliphatic heterocycles. The number of nitro groups is 1. The second-order valence-electron chi connectivity index (χ2n) is 7.16. The first-order chi connectivity index (χ1) is 14.6. The number of rotatable bonds is 4. The lowest BCUT2D eigenvalue weighted by atomic mass is 10.0. The average Bonchev–Trinajstić information content (AvgIpc) is 3.17. The Balaban J connectivity index is 1.57. The number of hydrogen-bond acceptors (Lipinski definition) is 8. The van der Waals surface area contributed by atoms with Crippen molar-refractivity contribution in [2.24, 2.45) is 5.14 Å². The Morgan fingerprint density at radius 3 is 2.48 bits per heavy atom. The molecule has 2 aromatic carbocycles. The number of hydrogen-bond donors (Lipinski definition) is 1. The van der Waals surface area contributed by atoms with Gasteiger partial charge in [0.05, 0.1) is 25.6 Å². The quantitative estimate of drug-likeness (QED) is 0.463. The summed E-state index contributed by atoms with van der Waals surface area (Å²) in [6.07, 6.45) is 0. The molecule has 1 aliphatic rings. The molecule has 1 fully saturated rings. The molecule has 31 heavy (non-hydrogen) atoms. The Hall–Kier alpha value is -3.09. The molecule has 12 heteroatoms. The minimum atomic E-state index is -4.21. The zero-order valence-electron chi connectivity index (χ0n) is 16.5. The maximum absolute atomic E-state index is 13.1. The predicted octanol–water partition coefficient (Wildman–Crippen LogP) is 2.12. The van der Waals surface area contributed by atoms with Gasteiger partial charge in [0.15, 0.2) is 5.13 Å². The minimum absolute atomic E-state index is 0.0355. The second kappa shape index (κ2) is 7.87. The third-order valence-corrected chi connectivity index (χ3v) is 7.22. The van der Waals surface area contributed by atoms with Gasteiger partial charge < -0.3 is 9.80 Å². The van der Waals surface area contributed by atoms with E-state index in [1.807, 2.05) is 24.3 Å². The largest absolute Gasteiger partial charge is 0.345 e. The summed E-state index contributed by atoms with van der Waals surface area (Å²) < 4.78 is 24.6. The molecule has 1 aromatic heterocycles. The lowest BCUT2D eigenvalue weighted by molar-refractivity contribution is -0.385. The molecule has 4 rings (SSSR count). The van der Waals surface area contributed by atoms with Crippen LogP contribution in [0.2, 0.25) is 0 Å². The summed E-state index contributed by atoms with van der Waals surface area (Å²) in [6, 6.07) is 9.83. The molecular weight excluding hydrogens is 442 g/mol. The van der Waals surface area contributed by atoms with E-state index in [4.69, 9.17) is 5.14 Å². The molecule has 3 aromatic rings. The number of primary sulfonamides is 1. The van der Waals surface area contributed by atoms with Crippen LogP contribution in [0.25, 0.3) is 10.2 Å². The van der Waals surface area contributed by atoms with Crippen LogP contribution in [0.3, 0.4) is 0 Å². The summed E-state index contributed by atoms with van der Waals surface area (Å²) >= 11 is 1.58. The van der Waals surface area contributed by atoms with Crippen molar-refractivity contribution in [3.63, 3.8) is 0 Å². The first kappa shape index (κ1) is 21.2. The van der Waals surface area contributed by atoms with E-state index in [0.29, 0.717) is 26.2 Å². The number of amides is 1.